The standard InChI is InChI=1S/C13H14F3N3O2/c14-13(15,16)10-7-19(3-4-21-10)12(20)9-5-17-11(18-6-9)8-1-2-8/h5-6,8,10H,1-4,7H2. The second kappa shape index (κ2) is 5.25. The first kappa shape index (κ1) is 14.2. The first-order chi connectivity index (χ1) is 9.95. The van der Waals surface area contributed by atoms with E-state index in [1.807, 2.05) is 0 Å². The number of aromatic nitrogens is 2. The molecule has 8 heteroatoms. The summed E-state index contributed by atoms with van der Waals surface area (Å²) in [6, 6.07) is 0. The number of hydrogen-bond donors (Lipinski definition) is 0. The molecule has 1 saturated carbocycles. The van der Waals surface area contributed by atoms with Crippen LogP contribution in [-0.4, -0.2) is 52.8 Å². The van der Waals surface area contributed by atoms with Crippen LogP contribution >= 0.6 is 0 Å². The third-order valence-electron chi connectivity index (χ3n) is 3.58. The van der Waals surface area contributed by atoms with E-state index in [9.17, 15) is 18.0 Å². The minimum atomic E-state index is -4.47. The molecular formula is C13H14F3N3O2. The highest BCUT2D eigenvalue weighted by molar-refractivity contribution is 5.93. The number of halogens is 3. The highest BCUT2D eigenvalue weighted by Crippen LogP contribution is 2.37. The third-order valence-corrected chi connectivity index (χ3v) is 3.58. The van der Waals surface area contributed by atoms with Crippen molar-refractivity contribution >= 4 is 5.91 Å². The van der Waals surface area contributed by atoms with Crippen LogP contribution in [0, 0.1) is 0 Å². The number of carbonyl (C=O) groups is 1. The van der Waals surface area contributed by atoms with Gasteiger partial charge in [-0.05, 0) is 12.8 Å². The largest absolute Gasteiger partial charge is 0.416 e. The number of alkyl halides is 3. The molecule has 1 atom stereocenters. The molecular weight excluding hydrogens is 287 g/mol. The summed E-state index contributed by atoms with van der Waals surface area (Å²) in [5.74, 6) is 0.573. The molecule has 2 heterocycles. The maximum atomic E-state index is 12.6. The summed E-state index contributed by atoms with van der Waals surface area (Å²) < 4.78 is 42.6. The zero-order valence-corrected chi connectivity index (χ0v) is 11.1. The van der Waals surface area contributed by atoms with E-state index < -0.39 is 24.7 Å². The van der Waals surface area contributed by atoms with E-state index in [4.69, 9.17) is 0 Å². The van der Waals surface area contributed by atoms with Gasteiger partial charge in [-0.25, -0.2) is 9.97 Å². The van der Waals surface area contributed by atoms with Crippen LogP contribution in [0.25, 0.3) is 0 Å². The summed E-state index contributed by atoms with van der Waals surface area (Å²) >= 11 is 0. The lowest BCUT2D eigenvalue weighted by molar-refractivity contribution is -0.233. The van der Waals surface area contributed by atoms with Crippen molar-refractivity contribution in [1.82, 2.24) is 14.9 Å². The van der Waals surface area contributed by atoms with Gasteiger partial charge in [-0.3, -0.25) is 4.79 Å². The minimum Gasteiger partial charge on any atom is -0.365 e. The number of nitrogens with zero attached hydrogens (tertiary/aromatic N) is 3. The molecule has 0 aromatic carbocycles. The van der Waals surface area contributed by atoms with Gasteiger partial charge in [0.1, 0.15) is 5.82 Å². The summed E-state index contributed by atoms with van der Waals surface area (Å²) in [4.78, 5) is 21.6. The summed E-state index contributed by atoms with van der Waals surface area (Å²) in [5, 5.41) is 0. The van der Waals surface area contributed by atoms with Crippen molar-refractivity contribution in [3.63, 3.8) is 0 Å². The lowest BCUT2D eigenvalue weighted by Crippen LogP contribution is -2.51. The molecule has 1 amide bonds. The average molecular weight is 301 g/mol. The average Bonchev–Trinajstić information content (AvgIpc) is 3.31. The summed E-state index contributed by atoms with van der Waals surface area (Å²) in [7, 11) is 0. The normalized spacial score (nSPS) is 23.2. The molecule has 1 aromatic rings. The second-order valence-electron chi connectivity index (χ2n) is 5.26. The molecule has 114 valence electrons. The summed E-state index contributed by atoms with van der Waals surface area (Å²) in [6.45, 7) is -0.487. The van der Waals surface area contributed by atoms with Gasteiger partial charge in [0.25, 0.3) is 5.91 Å². The van der Waals surface area contributed by atoms with Gasteiger partial charge in [0.2, 0.25) is 0 Å². The Bertz CT molecular complexity index is 528. The maximum Gasteiger partial charge on any atom is 0.416 e. The van der Waals surface area contributed by atoms with Gasteiger partial charge < -0.3 is 9.64 Å². The minimum absolute atomic E-state index is 0.128. The van der Waals surface area contributed by atoms with E-state index in [-0.39, 0.29) is 18.7 Å². The fourth-order valence-electron chi connectivity index (χ4n) is 2.22. The molecule has 5 nitrogen and oxygen atoms in total. The number of amides is 1. The molecule has 0 radical (unpaired) electrons. The Morgan fingerprint density at radius 3 is 2.52 bits per heavy atom. The van der Waals surface area contributed by atoms with Gasteiger partial charge in [-0.2, -0.15) is 13.2 Å². The molecule has 1 saturated heterocycles. The Morgan fingerprint density at radius 2 is 1.95 bits per heavy atom. The number of carbonyl (C=O) groups excluding carboxylic acids is 1. The van der Waals surface area contributed by atoms with Crippen LogP contribution in [0.2, 0.25) is 0 Å². The van der Waals surface area contributed by atoms with Crippen molar-refractivity contribution in [2.24, 2.45) is 0 Å². The van der Waals surface area contributed by atoms with Gasteiger partial charge in [0, 0.05) is 24.9 Å². The Hall–Kier alpha value is -1.70. The quantitative estimate of drug-likeness (QED) is 0.835. The Labute approximate surface area is 119 Å². The lowest BCUT2D eigenvalue weighted by atomic mass is 10.2. The maximum absolute atomic E-state index is 12.6. The fraction of sp³-hybridized carbons (Fsp3) is 0.615. The first-order valence-electron chi connectivity index (χ1n) is 6.74. The zero-order valence-electron chi connectivity index (χ0n) is 11.1. The number of hydrogen-bond acceptors (Lipinski definition) is 4. The smallest absolute Gasteiger partial charge is 0.365 e. The molecule has 1 aliphatic heterocycles. The van der Waals surface area contributed by atoms with Crippen LogP contribution in [0.5, 0.6) is 0 Å². The predicted molar refractivity (Wildman–Crippen MR) is 65.7 cm³/mol. The number of rotatable bonds is 2. The SMILES string of the molecule is O=C(c1cnc(C2CC2)nc1)N1CCOC(C(F)(F)F)C1. The highest BCUT2D eigenvalue weighted by atomic mass is 19.4. The fourth-order valence-corrected chi connectivity index (χ4v) is 2.22. The van der Waals surface area contributed by atoms with E-state index in [2.05, 4.69) is 14.7 Å². The van der Waals surface area contributed by atoms with Crippen molar-refractivity contribution in [2.75, 3.05) is 19.7 Å². The van der Waals surface area contributed by atoms with E-state index in [1.165, 1.54) is 12.4 Å². The molecule has 1 aromatic heterocycles. The topological polar surface area (TPSA) is 55.3 Å². The lowest BCUT2D eigenvalue weighted by Gasteiger charge is -2.33. The molecule has 3 rings (SSSR count). The summed E-state index contributed by atoms with van der Waals surface area (Å²) in [6.07, 6.45) is -1.52. The van der Waals surface area contributed by atoms with Crippen LogP contribution < -0.4 is 0 Å². The summed E-state index contributed by atoms with van der Waals surface area (Å²) in [5.41, 5.74) is 0.210. The van der Waals surface area contributed by atoms with E-state index in [1.54, 1.807) is 0 Å². The van der Waals surface area contributed by atoms with Crippen molar-refractivity contribution in [3.05, 3.63) is 23.8 Å². The van der Waals surface area contributed by atoms with Gasteiger partial charge in [-0.15, -0.1) is 0 Å². The monoisotopic (exact) mass is 301 g/mol. The second-order valence-corrected chi connectivity index (χ2v) is 5.26. The molecule has 1 unspecified atom stereocenters. The van der Waals surface area contributed by atoms with Gasteiger partial charge >= 0.3 is 6.18 Å². The zero-order chi connectivity index (χ0) is 15.0. The van der Waals surface area contributed by atoms with Gasteiger partial charge in [-0.1, -0.05) is 0 Å². The van der Waals surface area contributed by atoms with E-state index >= 15 is 0 Å². The molecule has 21 heavy (non-hydrogen) atoms. The molecule has 2 fully saturated rings. The first-order valence-corrected chi connectivity index (χ1v) is 6.74. The Kier molecular flexibility index (Phi) is 3.56. The van der Waals surface area contributed by atoms with Crippen molar-refractivity contribution in [3.8, 4) is 0 Å². The van der Waals surface area contributed by atoms with Crippen LogP contribution in [0.3, 0.4) is 0 Å². The molecule has 0 spiro atoms. The van der Waals surface area contributed by atoms with E-state index in [0.717, 1.165) is 17.7 Å². The highest BCUT2D eigenvalue weighted by Gasteiger charge is 2.44. The van der Waals surface area contributed by atoms with Crippen LogP contribution in [0.15, 0.2) is 12.4 Å². The molecule has 2 aliphatic rings. The molecule has 0 N–H and O–H groups in total. The number of morpholine rings is 1. The Morgan fingerprint density at radius 1 is 1.29 bits per heavy atom. The number of ether oxygens (including phenoxy) is 1. The molecule has 0 bridgehead atoms. The van der Waals surface area contributed by atoms with Crippen molar-refractivity contribution < 1.29 is 22.7 Å². The van der Waals surface area contributed by atoms with Crippen LogP contribution in [-0.2, 0) is 4.74 Å². The van der Waals surface area contributed by atoms with Crippen molar-refractivity contribution in [1.29, 1.82) is 0 Å². The van der Waals surface area contributed by atoms with Gasteiger partial charge in [0.05, 0.1) is 18.7 Å². The predicted octanol–water partition coefficient (Wildman–Crippen LogP) is 1.76. The van der Waals surface area contributed by atoms with Crippen LogP contribution in [0.4, 0.5) is 13.2 Å². The molecule has 1 aliphatic carbocycles. The van der Waals surface area contributed by atoms with Crippen molar-refractivity contribution in [2.45, 2.75) is 31.0 Å². The van der Waals surface area contributed by atoms with Gasteiger partial charge in [0.15, 0.2) is 6.10 Å². The van der Waals surface area contributed by atoms with Crippen LogP contribution in [0.1, 0.15) is 34.9 Å². The van der Waals surface area contributed by atoms with E-state index in [0.29, 0.717) is 11.7 Å². The Balaban J connectivity index is 1.69. The third kappa shape index (κ3) is 3.15.